The van der Waals surface area contributed by atoms with E-state index in [0.717, 1.165) is 17.0 Å². The molecule has 1 N–H and O–H groups in total. The van der Waals surface area contributed by atoms with Crippen molar-refractivity contribution in [3.05, 3.63) is 45.3 Å². The lowest BCUT2D eigenvalue weighted by Crippen LogP contribution is -2.21. The molecule has 134 valence electrons. The highest BCUT2D eigenvalue weighted by atomic mass is 35.5. The zero-order valence-corrected chi connectivity index (χ0v) is 15.9. The number of halogens is 2. The van der Waals surface area contributed by atoms with Crippen LogP contribution in [0.3, 0.4) is 0 Å². The highest BCUT2D eigenvalue weighted by Crippen LogP contribution is 2.22. The number of nitrogens with one attached hydrogen (secondary N) is 1. The Labute approximate surface area is 159 Å². The monoisotopic (exact) mass is 402 g/mol. The van der Waals surface area contributed by atoms with Crippen molar-refractivity contribution in [2.24, 2.45) is 0 Å². The fraction of sp³-hybridized carbons (Fsp3) is 0.312. The van der Waals surface area contributed by atoms with E-state index in [1.807, 2.05) is 13.8 Å². The van der Waals surface area contributed by atoms with Crippen molar-refractivity contribution in [2.75, 3.05) is 17.7 Å². The van der Waals surface area contributed by atoms with Crippen molar-refractivity contribution in [3.8, 4) is 0 Å². The molecule has 0 saturated heterocycles. The highest BCUT2D eigenvalue weighted by Gasteiger charge is 2.12. The van der Waals surface area contributed by atoms with Gasteiger partial charge < -0.3 is 14.6 Å². The van der Waals surface area contributed by atoms with Gasteiger partial charge in [-0.25, -0.2) is 0 Å². The van der Waals surface area contributed by atoms with Gasteiger partial charge >= 0.3 is 5.97 Å². The fourth-order valence-corrected chi connectivity index (χ4v) is 3.45. The summed E-state index contributed by atoms with van der Waals surface area (Å²) in [4.78, 5) is 23.5. The number of benzene rings is 1. The molecule has 0 spiro atoms. The molecule has 0 bridgehead atoms. The Morgan fingerprint density at radius 3 is 2.52 bits per heavy atom. The molecule has 0 saturated carbocycles. The fourth-order valence-electron chi connectivity index (χ4n) is 1.96. The highest BCUT2D eigenvalue weighted by molar-refractivity contribution is 7.99. The minimum Gasteiger partial charge on any atom is -0.455 e. The van der Waals surface area contributed by atoms with Gasteiger partial charge in [-0.2, -0.15) is 0 Å². The van der Waals surface area contributed by atoms with Crippen LogP contribution >= 0.6 is 35.0 Å². The first-order valence-corrected chi connectivity index (χ1v) is 9.17. The maximum atomic E-state index is 11.8. The number of rotatable bonds is 7. The second kappa shape index (κ2) is 9.12. The first-order valence-electron chi connectivity index (χ1n) is 7.26. The molecule has 0 atom stereocenters. The zero-order valence-electron chi connectivity index (χ0n) is 13.6. The second-order valence-electron chi connectivity index (χ2n) is 5.16. The van der Waals surface area contributed by atoms with Gasteiger partial charge in [0.05, 0.1) is 11.4 Å². The Morgan fingerprint density at radius 2 is 1.92 bits per heavy atom. The Morgan fingerprint density at radius 1 is 1.24 bits per heavy atom. The van der Waals surface area contributed by atoms with Crippen LogP contribution in [0.1, 0.15) is 17.0 Å². The van der Waals surface area contributed by atoms with Crippen LogP contribution in [0.5, 0.6) is 0 Å². The number of carbonyl (C=O) groups is 2. The lowest BCUT2D eigenvalue weighted by atomic mass is 10.2. The Kier molecular flexibility index (Phi) is 7.16. The van der Waals surface area contributed by atoms with Crippen LogP contribution in [0.4, 0.5) is 5.69 Å². The number of amides is 1. The van der Waals surface area contributed by atoms with E-state index in [1.54, 1.807) is 18.2 Å². The topological polar surface area (TPSA) is 81.4 Å². The molecule has 2 rings (SSSR count). The number of ether oxygens (including phenoxy) is 1. The maximum Gasteiger partial charge on any atom is 0.316 e. The standard InChI is InChI=1S/C16H16Cl2N2O4S/c1-9-14(10(2)24-20-9)7-25-8-16(22)23-6-15(21)19-13-4-11(17)3-12(18)5-13/h3-5H,6-8H2,1-2H3,(H,19,21). The van der Waals surface area contributed by atoms with Gasteiger partial charge in [0.2, 0.25) is 0 Å². The maximum absolute atomic E-state index is 11.8. The van der Waals surface area contributed by atoms with Crippen molar-refractivity contribution in [1.29, 1.82) is 0 Å². The normalized spacial score (nSPS) is 10.6. The SMILES string of the molecule is Cc1noc(C)c1CSCC(=O)OCC(=O)Nc1cc(Cl)cc(Cl)c1. The average molecular weight is 403 g/mol. The summed E-state index contributed by atoms with van der Waals surface area (Å²) in [7, 11) is 0. The zero-order chi connectivity index (χ0) is 18.4. The molecule has 1 aromatic carbocycles. The van der Waals surface area contributed by atoms with Gasteiger partial charge in [-0.3, -0.25) is 9.59 Å². The molecule has 0 fully saturated rings. The molecule has 0 unspecified atom stereocenters. The average Bonchev–Trinajstić information content (AvgIpc) is 2.84. The van der Waals surface area contributed by atoms with Gasteiger partial charge in [0.1, 0.15) is 5.76 Å². The van der Waals surface area contributed by atoms with Gasteiger partial charge in [0.25, 0.3) is 5.91 Å². The van der Waals surface area contributed by atoms with E-state index in [1.165, 1.54) is 11.8 Å². The number of hydrogen-bond acceptors (Lipinski definition) is 6. The number of aromatic nitrogens is 1. The minimum atomic E-state index is -0.476. The quantitative estimate of drug-likeness (QED) is 0.704. The van der Waals surface area contributed by atoms with Gasteiger partial charge in [0, 0.05) is 27.0 Å². The summed E-state index contributed by atoms with van der Waals surface area (Å²) >= 11 is 13.1. The number of nitrogens with zero attached hydrogens (tertiary/aromatic N) is 1. The molecule has 0 radical (unpaired) electrons. The molecular weight excluding hydrogens is 387 g/mol. The van der Waals surface area contributed by atoms with Crippen molar-refractivity contribution in [1.82, 2.24) is 5.16 Å². The summed E-state index contributed by atoms with van der Waals surface area (Å²) in [5.41, 5.74) is 2.21. The van der Waals surface area contributed by atoms with E-state index >= 15 is 0 Å². The number of thioether (sulfide) groups is 1. The first-order chi connectivity index (χ1) is 11.8. The number of aryl methyl sites for hydroxylation is 2. The molecule has 1 amide bonds. The van der Waals surface area contributed by atoms with Crippen LogP contribution in [0, 0.1) is 13.8 Å². The number of anilines is 1. The Hall–Kier alpha value is -1.70. The summed E-state index contributed by atoms with van der Waals surface area (Å²) in [6.45, 7) is 3.28. The largest absolute Gasteiger partial charge is 0.455 e. The van der Waals surface area contributed by atoms with E-state index in [0.29, 0.717) is 21.5 Å². The first kappa shape index (κ1) is 19.6. The summed E-state index contributed by atoms with van der Waals surface area (Å²) in [5.74, 6) is 0.500. The van der Waals surface area contributed by atoms with Gasteiger partial charge in [-0.05, 0) is 32.0 Å². The van der Waals surface area contributed by atoms with Crippen molar-refractivity contribution in [3.63, 3.8) is 0 Å². The summed E-state index contributed by atoms with van der Waals surface area (Å²) in [6.07, 6.45) is 0. The molecule has 6 nitrogen and oxygen atoms in total. The summed E-state index contributed by atoms with van der Waals surface area (Å²) in [6, 6.07) is 4.65. The van der Waals surface area contributed by atoms with E-state index in [2.05, 4.69) is 10.5 Å². The molecule has 0 aliphatic carbocycles. The predicted molar refractivity (Wildman–Crippen MR) is 98.2 cm³/mol. The Bertz CT molecular complexity index is 740. The minimum absolute atomic E-state index is 0.125. The molecule has 0 aliphatic rings. The van der Waals surface area contributed by atoms with Crippen LogP contribution in [0.2, 0.25) is 10.0 Å². The van der Waals surface area contributed by atoms with Crippen LogP contribution in [0.25, 0.3) is 0 Å². The number of carbonyl (C=O) groups excluding carboxylic acids is 2. The molecule has 25 heavy (non-hydrogen) atoms. The molecular formula is C16H16Cl2N2O4S. The van der Waals surface area contributed by atoms with E-state index < -0.39 is 11.9 Å². The lowest BCUT2D eigenvalue weighted by Gasteiger charge is -2.07. The van der Waals surface area contributed by atoms with Crippen molar-refractivity contribution in [2.45, 2.75) is 19.6 Å². The predicted octanol–water partition coefficient (Wildman–Crippen LogP) is 4.01. The second-order valence-corrected chi connectivity index (χ2v) is 7.02. The van der Waals surface area contributed by atoms with Crippen LogP contribution in [0.15, 0.2) is 22.7 Å². The third-order valence-corrected chi connectivity index (χ3v) is 4.53. The molecule has 9 heteroatoms. The number of hydrogen-bond donors (Lipinski definition) is 1. The third kappa shape index (κ3) is 6.26. The molecule has 1 aromatic heterocycles. The van der Waals surface area contributed by atoms with Crippen molar-refractivity contribution >= 4 is 52.5 Å². The molecule has 1 heterocycles. The number of esters is 1. The van der Waals surface area contributed by atoms with Gasteiger partial charge in [-0.15, -0.1) is 11.8 Å². The van der Waals surface area contributed by atoms with Gasteiger partial charge in [0.15, 0.2) is 6.61 Å². The molecule has 2 aromatic rings. The molecule has 0 aliphatic heterocycles. The van der Waals surface area contributed by atoms with Crippen molar-refractivity contribution < 1.29 is 18.8 Å². The van der Waals surface area contributed by atoms with E-state index in [-0.39, 0.29) is 12.4 Å². The van der Waals surface area contributed by atoms with Crippen LogP contribution in [-0.2, 0) is 20.1 Å². The summed E-state index contributed by atoms with van der Waals surface area (Å²) in [5, 5.41) is 7.21. The van der Waals surface area contributed by atoms with Gasteiger partial charge in [-0.1, -0.05) is 28.4 Å². The Balaban J connectivity index is 1.71. The summed E-state index contributed by atoms with van der Waals surface area (Å²) < 4.78 is 9.99. The van der Waals surface area contributed by atoms with Crippen LogP contribution in [-0.4, -0.2) is 29.4 Å². The lowest BCUT2D eigenvalue weighted by molar-refractivity contribution is -0.144. The van der Waals surface area contributed by atoms with E-state index in [9.17, 15) is 9.59 Å². The smallest absolute Gasteiger partial charge is 0.316 e. The van der Waals surface area contributed by atoms with Crippen LogP contribution < -0.4 is 5.32 Å². The van der Waals surface area contributed by atoms with E-state index in [4.69, 9.17) is 32.5 Å². The third-order valence-electron chi connectivity index (χ3n) is 3.16.